The van der Waals surface area contributed by atoms with Crippen molar-refractivity contribution in [3.05, 3.63) is 88.0 Å². The summed E-state index contributed by atoms with van der Waals surface area (Å²) in [5.41, 5.74) is 3.63. The van der Waals surface area contributed by atoms with Gasteiger partial charge in [-0.25, -0.2) is 13.4 Å². The van der Waals surface area contributed by atoms with Crippen LogP contribution in [0.2, 0.25) is 0 Å². The van der Waals surface area contributed by atoms with Gasteiger partial charge in [-0.15, -0.1) is 11.3 Å². The van der Waals surface area contributed by atoms with E-state index in [4.69, 9.17) is 0 Å². The zero-order valence-corrected chi connectivity index (χ0v) is 17.5. The predicted molar refractivity (Wildman–Crippen MR) is 119 cm³/mol. The number of nitro groups is 1. The molecule has 7 nitrogen and oxygen atoms in total. The van der Waals surface area contributed by atoms with Gasteiger partial charge in [0.1, 0.15) is 5.01 Å². The molecular formula is C21H17N3O4S2. The van der Waals surface area contributed by atoms with Crippen LogP contribution in [0.15, 0.2) is 66.7 Å². The summed E-state index contributed by atoms with van der Waals surface area (Å²) < 4.78 is 28.5. The lowest BCUT2D eigenvalue weighted by atomic mass is 10.2. The Balaban J connectivity index is 1.50. The number of nitrogens with zero attached hydrogens (tertiary/aromatic N) is 2. The number of hydrogen-bond acceptors (Lipinski definition) is 6. The van der Waals surface area contributed by atoms with Crippen LogP contribution in [0.3, 0.4) is 0 Å². The van der Waals surface area contributed by atoms with E-state index in [1.54, 1.807) is 29.5 Å². The highest BCUT2D eigenvalue weighted by Crippen LogP contribution is 2.31. The van der Waals surface area contributed by atoms with Crippen molar-refractivity contribution in [1.29, 1.82) is 0 Å². The molecular weight excluding hydrogens is 422 g/mol. The number of aryl methyl sites for hydroxylation is 1. The van der Waals surface area contributed by atoms with Gasteiger partial charge in [-0.2, -0.15) is 0 Å². The molecule has 0 aliphatic heterocycles. The average Bonchev–Trinajstić information content (AvgIpc) is 3.11. The number of hydrogen-bond donors (Lipinski definition) is 1. The van der Waals surface area contributed by atoms with E-state index >= 15 is 0 Å². The zero-order valence-electron chi connectivity index (χ0n) is 15.9. The van der Waals surface area contributed by atoms with Gasteiger partial charge in [0, 0.05) is 23.4 Å². The quantitative estimate of drug-likeness (QED) is 0.332. The Labute approximate surface area is 177 Å². The number of non-ortho nitro benzene ring substituents is 1. The molecule has 0 atom stereocenters. The number of nitro benzene ring substituents is 1. The number of benzene rings is 3. The maximum atomic E-state index is 12.5. The van der Waals surface area contributed by atoms with Crippen molar-refractivity contribution < 1.29 is 13.3 Å². The Morgan fingerprint density at radius 3 is 2.57 bits per heavy atom. The molecule has 0 bridgehead atoms. The zero-order chi connectivity index (χ0) is 21.3. The lowest BCUT2D eigenvalue weighted by molar-refractivity contribution is -0.384. The van der Waals surface area contributed by atoms with Gasteiger partial charge in [-0.1, -0.05) is 18.2 Å². The fourth-order valence-corrected chi connectivity index (χ4v) is 5.29. The summed E-state index contributed by atoms with van der Waals surface area (Å²) in [5, 5.41) is 11.7. The average molecular weight is 440 g/mol. The molecule has 0 fully saturated rings. The molecule has 4 rings (SSSR count). The number of nitrogens with one attached hydrogen (secondary N) is 1. The lowest BCUT2D eigenvalue weighted by Crippen LogP contribution is -2.15. The van der Waals surface area contributed by atoms with Crippen LogP contribution in [0.1, 0.15) is 11.1 Å². The highest BCUT2D eigenvalue weighted by Gasteiger charge is 2.15. The number of rotatable bonds is 6. The van der Waals surface area contributed by atoms with Crippen LogP contribution in [0.5, 0.6) is 0 Å². The van der Waals surface area contributed by atoms with Crippen LogP contribution in [-0.4, -0.2) is 18.3 Å². The largest absolute Gasteiger partial charge is 0.283 e. The van der Waals surface area contributed by atoms with E-state index in [0.29, 0.717) is 11.3 Å². The van der Waals surface area contributed by atoms with Crippen molar-refractivity contribution in [2.45, 2.75) is 12.7 Å². The first-order valence-electron chi connectivity index (χ1n) is 9.00. The summed E-state index contributed by atoms with van der Waals surface area (Å²) in [7, 11) is -3.72. The minimum absolute atomic E-state index is 0.141. The maximum absolute atomic E-state index is 12.5. The first kappa shape index (κ1) is 20.0. The van der Waals surface area contributed by atoms with Crippen LogP contribution in [0, 0.1) is 17.0 Å². The normalized spacial score (nSPS) is 11.5. The molecule has 1 aromatic heterocycles. The molecule has 30 heavy (non-hydrogen) atoms. The second-order valence-corrected chi connectivity index (χ2v) is 9.61. The van der Waals surface area contributed by atoms with Gasteiger partial charge < -0.3 is 0 Å². The van der Waals surface area contributed by atoms with Crippen molar-refractivity contribution in [2.24, 2.45) is 0 Å². The molecule has 0 aliphatic carbocycles. The van der Waals surface area contributed by atoms with Crippen molar-refractivity contribution in [3.63, 3.8) is 0 Å². The van der Waals surface area contributed by atoms with Crippen molar-refractivity contribution in [3.8, 4) is 10.6 Å². The molecule has 3 aromatic carbocycles. The fourth-order valence-electron chi connectivity index (χ4n) is 3.03. The number of aromatic nitrogens is 1. The SMILES string of the molecule is Cc1ccc2nc(-c3ccc(NS(=O)(=O)Cc4cccc([N+](=O)[O-])c4)cc3)sc2c1. The maximum Gasteiger partial charge on any atom is 0.269 e. The number of fused-ring (bicyclic) bond motifs is 1. The van der Waals surface area contributed by atoms with Crippen molar-refractivity contribution >= 4 is 43.0 Å². The van der Waals surface area contributed by atoms with Crippen LogP contribution in [-0.2, 0) is 15.8 Å². The van der Waals surface area contributed by atoms with Crippen molar-refractivity contribution in [1.82, 2.24) is 4.98 Å². The molecule has 9 heteroatoms. The molecule has 0 saturated heterocycles. The number of thiazole rings is 1. The smallest absolute Gasteiger partial charge is 0.269 e. The van der Waals surface area contributed by atoms with Gasteiger partial charge in [-0.3, -0.25) is 14.8 Å². The molecule has 4 aromatic rings. The molecule has 1 heterocycles. The highest BCUT2D eigenvalue weighted by molar-refractivity contribution is 7.91. The Kier molecular flexibility index (Phi) is 5.23. The number of sulfonamides is 1. The molecule has 152 valence electrons. The second kappa shape index (κ2) is 7.85. The summed E-state index contributed by atoms with van der Waals surface area (Å²) >= 11 is 1.58. The monoisotopic (exact) mass is 439 g/mol. The van der Waals surface area contributed by atoms with Crippen LogP contribution < -0.4 is 4.72 Å². The van der Waals surface area contributed by atoms with Gasteiger partial charge in [-0.05, 0) is 54.4 Å². The van der Waals surface area contributed by atoms with E-state index < -0.39 is 14.9 Å². The summed E-state index contributed by atoms with van der Waals surface area (Å²) in [5.74, 6) is -0.354. The molecule has 0 aliphatic rings. The fraction of sp³-hybridized carbons (Fsp3) is 0.0952. The minimum atomic E-state index is -3.72. The van der Waals surface area contributed by atoms with Gasteiger partial charge >= 0.3 is 0 Å². The number of anilines is 1. The van der Waals surface area contributed by atoms with E-state index in [1.165, 1.54) is 23.8 Å². The third kappa shape index (κ3) is 4.47. The third-order valence-electron chi connectivity index (χ3n) is 4.43. The Morgan fingerprint density at radius 1 is 1.07 bits per heavy atom. The van der Waals surface area contributed by atoms with E-state index in [2.05, 4.69) is 15.8 Å². The summed E-state index contributed by atoms with van der Waals surface area (Å²) in [6.07, 6.45) is 0. The summed E-state index contributed by atoms with van der Waals surface area (Å²) in [4.78, 5) is 15.0. The van der Waals surface area contributed by atoms with Gasteiger partial charge in [0.2, 0.25) is 10.0 Å². The van der Waals surface area contributed by atoms with Gasteiger partial charge in [0.05, 0.1) is 20.9 Å². The summed E-state index contributed by atoms with van der Waals surface area (Å²) in [6, 6.07) is 18.7. The van der Waals surface area contributed by atoms with Crippen LogP contribution in [0.4, 0.5) is 11.4 Å². The second-order valence-electron chi connectivity index (χ2n) is 6.86. The first-order chi connectivity index (χ1) is 14.3. The Bertz CT molecular complexity index is 1350. The van der Waals surface area contributed by atoms with E-state index in [9.17, 15) is 18.5 Å². The molecule has 0 unspecified atom stereocenters. The standard InChI is InChI=1S/C21H17N3O4S2/c1-14-5-10-19-20(11-14)29-21(22-19)16-6-8-17(9-7-16)23-30(27,28)13-15-3-2-4-18(12-15)24(25)26/h2-12,23H,13H2,1H3. The molecule has 0 radical (unpaired) electrons. The highest BCUT2D eigenvalue weighted by atomic mass is 32.2. The van der Waals surface area contributed by atoms with Crippen LogP contribution >= 0.6 is 11.3 Å². The Hall–Kier alpha value is -3.30. The van der Waals surface area contributed by atoms with Crippen molar-refractivity contribution in [2.75, 3.05) is 4.72 Å². The van der Waals surface area contributed by atoms with Gasteiger partial charge in [0.25, 0.3) is 5.69 Å². The van der Waals surface area contributed by atoms with E-state index in [-0.39, 0.29) is 11.4 Å². The van der Waals surface area contributed by atoms with E-state index in [1.807, 2.05) is 31.2 Å². The Morgan fingerprint density at radius 2 is 1.83 bits per heavy atom. The molecule has 0 saturated carbocycles. The lowest BCUT2D eigenvalue weighted by Gasteiger charge is -2.08. The summed E-state index contributed by atoms with van der Waals surface area (Å²) in [6.45, 7) is 2.04. The predicted octanol–water partition coefficient (Wildman–Crippen LogP) is 5.12. The van der Waals surface area contributed by atoms with Crippen LogP contribution in [0.25, 0.3) is 20.8 Å². The molecule has 0 amide bonds. The molecule has 0 spiro atoms. The topological polar surface area (TPSA) is 102 Å². The van der Waals surface area contributed by atoms with Gasteiger partial charge in [0.15, 0.2) is 0 Å². The first-order valence-corrected chi connectivity index (χ1v) is 11.5. The van der Waals surface area contributed by atoms with E-state index in [0.717, 1.165) is 20.8 Å². The minimum Gasteiger partial charge on any atom is -0.283 e. The molecule has 1 N–H and O–H groups in total. The third-order valence-corrected chi connectivity index (χ3v) is 6.75.